The van der Waals surface area contributed by atoms with Gasteiger partial charge >= 0.3 is 14.6 Å². The van der Waals surface area contributed by atoms with Crippen LogP contribution in [-0.2, 0) is 25.0 Å². The van der Waals surface area contributed by atoms with Crippen molar-refractivity contribution in [1.29, 1.82) is 0 Å². The average Bonchev–Trinajstić information content (AvgIpc) is 2.90. The fourth-order valence-electron chi connectivity index (χ4n) is 4.48. The number of unbranched alkanes of at least 4 members (excludes halogenated alkanes) is 12. The molecule has 0 aliphatic rings. The molecule has 0 radical (unpaired) electrons. The second kappa shape index (κ2) is 23.3. The molecule has 8 heteroatoms. The van der Waals surface area contributed by atoms with Gasteiger partial charge in [0.2, 0.25) is 0 Å². The Hall–Kier alpha value is -1.24. The van der Waals surface area contributed by atoms with Gasteiger partial charge in [-0.05, 0) is 43.4 Å². The van der Waals surface area contributed by atoms with E-state index in [-0.39, 0.29) is 13.2 Å². The molecular weight excluding hydrogens is 525 g/mol. The Kier molecular flexibility index (Phi) is 21.5. The van der Waals surface area contributed by atoms with Gasteiger partial charge in [0.25, 0.3) is 0 Å². The highest BCUT2D eigenvalue weighted by Crippen LogP contribution is 2.33. The number of rotatable bonds is 26. The summed E-state index contributed by atoms with van der Waals surface area (Å²) in [5, 5.41) is 0. The van der Waals surface area contributed by atoms with E-state index in [2.05, 4.69) is 40.2 Å². The van der Waals surface area contributed by atoms with Crippen LogP contribution in [-0.4, -0.2) is 69.0 Å². The van der Waals surface area contributed by atoms with E-state index < -0.39 is 20.7 Å². The highest BCUT2D eigenvalue weighted by Gasteiger charge is 2.18. The molecule has 1 aromatic rings. The predicted molar refractivity (Wildman–Crippen MR) is 165 cm³/mol. The third-order valence-corrected chi connectivity index (χ3v) is 7.58. The first kappa shape index (κ1) is 36.8. The molecule has 0 aliphatic heterocycles. The summed E-state index contributed by atoms with van der Waals surface area (Å²) in [6, 6.07) is 8.12. The molecule has 40 heavy (non-hydrogen) atoms. The van der Waals surface area contributed by atoms with Crippen molar-refractivity contribution in [2.24, 2.45) is 0 Å². The molecule has 0 aromatic heterocycles. The quantitative estimate of drug-likeness (QED) is 0.0515. The second-order valence-electron chi connectivity index (χ2n) is 11.9. The Bertz CT molecular complexity index is 740. The number of esters is 1. The molecule has 2 atom stereocenters. The lowest BCUT2D eigenvalue weighted by Crippen LogP contribution is -2.35. The van der Waals surface area contributed by atoms with E-state index in [9.17, 15) is 9.69 Å². The number of ether oxygens (including phenoxy) is 2. The van der Waals surface area contributed by atoms with Gasteiger partial charge in [-0.2, -0.15) is 0 Å². The predicted octanol–water partition coefficient (Wildman–Crippen LogP) is 7.98. The maximum absolute atomic E-state index is 11.5. The van der Waals surface area contributed by atoms with E-state index in [0.717, 1.165) is 36.0 Å². The molecule has 0 spiro atoms. The van der Waals surface area contributed by atoms with Gasteiger partial charge in [0, 0.05) is 6.92 Å². The van der Waals surface area contributed by atoms with E-state index in [1.165, 1.54) is 89.5 Å². The van der Waals surface area contributed by atoms with Crippen LogP contribution in [0.4, 0.5) is 0 Å². The monoisotopic (exact) mass is 584 g/mol. The molecule has 7 nitrogen and oxygen atoms in total. The normalized spacial score (nSPS) is 13.2. The van der Waals surface area contributed by atoms with Crippen molar-refractivity contribution in [3.05, 3.63) is 29.8 Å². The highest BCUT2D eigenvalue weighted by atomic mass is 31.2. The van der Waals surface area contributed by atoms with Crippen molar-refractivity contribution in [3.8, 4) is 5.75 Å². The van der Waals surface area contributed by atoms with Crippen LogP contribution in [0.1, 0.15) is 109 Å². The third kappa shape index (κ3) is 22.4. The van der Waals surface area contributed by atoms with Gasteiger partial charge in [-0.1, -0.05) is 89.7 Å². The maximum Gasteiger partial charge on any atom is 0.329 e. The van der Waals surface area contributed by atoms with Crippen LogP contribution in [0, 0.1) is 0 Å². The molecule has 0 aliphatic carbocycles. The SMILES string of the molecule is CCCCCCCCCCCCCCc1ccc(OCC(COP(O)OCCCC[N+](C)(C)C)OC(C)=O)cc1. The topological polar surface area (TPSA) is 74.2 Å². The lowest BCUT2D eigenvalue weighted by molar-refractivity contribution is -0.870. The van der Waals surface area contributed by atoms with Crippen molar-refractivity contribution in [2.75, 3.05) is 47.5 Å². The van der Waals surface area contributed by atoms with Crippen LogP contribution >= 0.6 is 8.60 Å². The summed E-state index contributed by atoms with van der Waals surface area (Å²) in [5.41, 5.74) is 1.31. The van der Waals surface area contributed by atoms with Gasteiger partial charge in [-0.15, -0.1) is 0 Å². The summed E-state index contributed by atoms with van der Waals surface area (Å²) in [6.45, 7) is 5.25. The molecule has 0 bridgehead atoms. The smallest absolute Gasteiger partial charge is 0.329 e. The number of nitrogens with zero attached hydrogens (tertiary/aromatic N) is 1. The highest BCUT2D eigenvalue weighted by molar-refractivity contribution is 7.40. The minimum absolute atomic E-state index is 0.0116. The standard InChI is InChI=1S/C32H59NO6P/c1-6-7-8-9-10-11-12-13-14-15-16-17-20-30-21-23-31(24-22-30)36-27-32(39-29(2)34)28-38-40(35)37-26-19-18-25-33(3,4)5/h21-24,32,35H,6-20,25-28H2,1-5H3/q+1. The molecule has 1 N–H and O–H groups in total. The molecule has 0 saturated carbocycles. The lowest BCUT2D eigenvalue weighted by atomic mass is 10.0. The zero-order valence-corrected chi connectivity index (χ0v) is 27.1. The minimum atomic E-state index is -2.02. The fraction of sp³-hybridized carbons (Fsp3) is 0.781. The number of hydrogen-bond acceptors (Lipinski definition) is 6. The van der Waals surface area contributed by atoms with E-state index >= 15 is 0 Å². The van der Waals surface area contributed by atoms with Crippen LogP contribution in [0.15, 0.2) is 24.3 Å². The van der Waals surface area contributed by atoms with Gasteiger partial charge in [0.05, 0.1) is 40.9 Å². The largest absolute Gasteiger partial charge is 0.490 e. The van der Waals surface area contributed by atoms with Gasteiger partial charge in [-0.25, -0.2) is 0 Å². The molecular formula is C32H59NO6P+. The van der Waals surface area contributed by atoms with Gasteiger partial charge < -0.3 is 27.9 Å². The number of quaternary nitrogens is 1. The number of carbonyl (C=O) groups excluding carboxylic acids is 1. The summed E-state index contributed by atoms with van der Waals surface area (Å²) in [7, 11) is 4.42. The summed E-state index contributed by atoms with van der Waals surface area (Å²) < 4.78 is 22.8. The lowest BCUT2D eigenvalue weighted by Gasteiger charge is -2.23. The summed E-state index contributed by atoms with van der Waals surface area (Å²) in [6.07, 6.45) is 18.6. The first-order valence-corrected chi connectivity index (χ1v) is 16.8. The van der Waals surface area contributed by atoms with Crippen LogP contribution in [0.3, 0.4) is 0 Å². The zero-order valence-electron chi connectivity index (χ0n) is 26.2. The Morgan fingerprint density at radius 3 is 1.93 bits per heavy atom. The number of aryl methyl sites for hydroxylation is 1. The molecule has 2 unspecified atom stereocenters. The van der Waals surface area contributed by atoms with Crippen LogP contribution < -0.4 is 4.74 Å². The number of benzene rings is 1. The number of carbonyl (C=O) groups is 1. The summed E-state index contributed by atoms with van der Waals surface area (Å²) >= 11 is 0. The van der Waals surface area contributed by atoms with Gasteiger partial charge in [0.1, 0.15) is 12.4 Å². The molecule has 0 fully saturated rings. The van der Waals surface area contributed by atoms with E-state index in [1.54, 1.807) is 0 Å². The Balaban J connectivity index is 2.19. The first-order chi connectivity index (χ1) is 19.2. The molecule has 1 rings (SSSR count). The minimum Gasteiger partial charge on any atom is -0.490 e. The van der Waals surface area contributed by atoms with Crippen LogP contribution in [0.25, 0.3) is 0 Å². The summed E-state index contributed by atoms with van der Waals surface area (Å²) in [4.78, 5) is 21.5. The number of hydrogen-bond donors (Lipinski definition) is 1. The Labute approximate surface area is 246 Å². The van der Waals surface area contributed by atoms with Crippen molar-refractivity contribution in [3.63, 3.8) is 0 Å². The maximum atomic E-state index is 11.5. The first-order valence-electron chi connectivity index (χ1n) is 15.6. The van der Waals surface area contributed by atoms with E-state index in [4.69, 9.17) is 18.5 Å². The Morgan fingerprint density at radius 2 is 1.38 bits per heavy atom. The van der Waals surface area contributed by atoms with Gasteiger partial charge in [-0.3, -0.25) is 4.79 Å². The van der Waals surface area contributed by atoms with Crippen molar-refractivity contribution >= 4 is 14.6 Å². The zero-order chi connectivity index (χ0) is 29.5. The van der Waals surface area contributed by atoms with Crippen LogP contribution in [0.2, 0.25) is 0 Å². The molecule has 0 saturated heterocycles. The molecule has 0 heterocycles. The Morgan fingerprint density at radius 1 is 0.800 bits per heavy atom. The molecule has 232 valence electrons. The average molecular weight is 585 g/mol. The van der Waals surface area contributed by atoms with Crippen molar-refractivity contribution < 1.29 is 32.7 Å². The van der Waals surface area contributed by atoms with Crippen LogP contribution in [0.5, 0.6) is 5.75 Å². The molecule has 0 amide bonds. The van der Waals surface area contributed by atoms with Crippen molar-refractivity contribution in [2.45, 2.75) is 116 Å². The van der Waals surface area contributed by atoms with Gasteiger partial charge in [0.15, 0.2) is 6.10 Å². The van der Waals surface area contributed by atoms with Crippen molar-refractivity contribution in [1.82, 2.24) is 0 Å². The molecule has 1 aromatic carbocycles. The summed E-state index contributed by atoms with van der Waals surface area (Å²) in [5.74, 6) is 0.300. The third-order valence-electron chi connectivity index (χ3n) is 6.81. The van der Waals surface area contributed by atoms with E-state index in [0.29, 0.717) is 6.61 Å². The fourth-order valence-corrected chi connectivity index (χ4v) is 5.13. The van der Waals surface area contributed by atoms with E-state index in [1.807, 2.05) is 12.1 Å². The second-order valence-corrected chi connectivity index (χ2v) is 12.9.